The second-order valence-electron chi connectivity index (χ2n) is 3.71. The number of ether oxygens (including phenoxy) is 1. The summed E-state index contributed by atoms with van der Waals surface area (Å²) < 4.78 is 4.16. The van der Waals surface area contributed by atoms with E-state index in [2.05, 4.69) is 25.4 Å². The Hall–Kier alpha value is -0.0251. The van der Waals surface area contributed by atoms with Crippen molar-refractivity contribution >= 4 is 27.7 Å². The van der Waals surface area contributed by atoms with E-state index in [4.69, 9.17) is 0 Å². The van der Waals surface area contributed by atoms with Gasteiger partial charge in [-0.25, -0.2) is 0 Å². The van der Waals surface area contributed by atoms with Crippen molar-refractivity contribution < 1.29 is 9.53 Å². The van der Waals surface area contributed by atoms with Gasteiger partial charge in [-0.15, -0.1) is 15.8 Å². The molecular formula is C9H16BBrNO2. The van der Waals surface area contributed by atoms with Crippen molar-refractivity contribution in [2.24, 2.45) is 5.92 Å². The van der Waals surface area contributed by atoms with Crippen LogP contribution in [0.4, 0.5) is 4.79 Å². The van der Waals surface area contributed by atoms with Crippen LogP contribution >= 0.6 is 15.8 Å². The molecule has 3 heterocycles. The molecule has 0 atom stereocenters. The first kappa shape index (κ1) is 12.0. The van der Waals surface area contributed by atoms with Crippen LogP contribution in [-0.2, 0) is 4.74 Å². The predicted octanol–water partition coefficient (Wildman–Crippen LogP) is 1.87. The lowest BCUT2D eigenvalue weighted by molar-refractivity contribution is 0.111. The Labute approximate surface area is 94.4 Å². The number of methoxy groups -OCH3 is 1. The summed E-state index contributed by atoms with van der Waals surface area (Å²) in [5.74, 6) is 0.745. The van der Waals surface area contributed by atoms with E-state index < -0.39 is 0 Å². The number of rotatable bonds is 1. The van der Waals surface area contributed by atoms with Crippen LogP contribution in [0.2, 0.25) is 0 Å². The Morgan fingerprint density at radius 3 is 1.93 bits per heavy atom. The fraction of sp³-hybridized carbons (Fsp3) is 0.889. The van der Waals surface area contributed by atoms with Gasteiger partial charge < -0.3 is 9.64 Å². The zero-order chi connectivity index (χ0) is 10.4. The molecule has 3 nitrogen and oxygen atoms in total. The smallest absolute Gasteiger partial charge is 0.350 e. The van der Waals surface area contributed by atoms with Crippen molar-refractivity contribution in [3.63, 3.8) is 0 Å². The molecule has 14 heavy (non-hydrogen) atoms. The summed E-state index contributed by atoms with van der Waals surface area (Å²) in [5, 5.41) is 0. The molecule has 3 saturated heterocycles. The number of halogens is 1. The topological polar surface area (TPSA) is 29.5 Å². The second kappa shape index (κ2) is 6.46. The van der Waals surface area contributed by atoms with Crippen LogP contribution in [0.15, 0.2) is 0 Å². The SMILES string of the molecule is C1CN2CCC1CC2.COC(=O)[B]Br. The van der Waals surface area contributed by atoms with Gasteiger partial charge in [-0.3, -0.25) is 4.79 Å². The molecule has 3 fully saturated rings. The Morgan fingerprint density at radius 2 is 1.86 bits per heavy atom. The summed E-state index contributed by atoms with van der Waals surface area (Å²) in [6.45, 7) is 4.18. The van der Waals surface area contributed by atoms with Gasteiger partial charge in [-0.2, -0.15) is 0 Å². The van der Waals surface area contributed by atoms with Gasteiger partial charge in [-0.1, -0.05) is 0 Å². The van der Waals surface area contributed by atoms with Crippen LogP contribution in [0, 0.1) is 5.92 Å². The highest BCUT2D eigenvalue weighted by atomic mass is 79.9. The molecule has 3 rings (SSSR count). The Morgan fingerprint density at radius 1 is 1.36 bits per heavy atom. The second-order valence-corrected chi connectivity index (χ2v) is 4.16. The fourth-order valence-electron chi connectivity index (χ4n) is 1.91. The van der Waals surface area contributed by atoms with Gasteiger partial charge in [0.2, 0.25) is 0 Å². The third-order valence-electron chi connectivity index (χ3n) is 2.85. The molecule has 0 saturated carbocycles. The van der Waals surface area contributed by atoms with Gasteiger partial charge in [0.05, 0.1) is 7.11 Å². The Kier molecular flexibility index (Phi) is 5.56. The van der Waals surface area contributed by atoms with Crippen LogP contribution < -0.4 is 0 Å². The van der Waals surface area contributed by atoms with E-state index in [-0.39, 0.29) is 5.87 Å². The molecule has 0 aliphatic carbocycles. The minimum atomic E-state index is -0.366. The molecule has 0 unspecified atom stereocenters. The third-order valence-corrected chi connectivity index (χ3v) is 3.22. The molecule has 1 radical (unpaired) electrons. The maximum Gasteiger partial charge on any atom is 0.350 e. The van der Waals surface area contributed by atoms with Crippen LogP contribution in [0.1, 0.15) is 19.3 Å². The number of nitrogens with zero attached hydrogens (tertiary/aromatic N) is 1. The van der Waals surface area contributed by atoms with Crippen LogP contribution in [-0.4, -0.2) is 43.6 Å². The highest BCUT2D eigenvalue weighted by Crippen LogP contribution is 2.26. The quantitative estimate of drug-likeness (QED) is 0.675. The first-order valence-corrected chi connectivity index (χ1v) is 5.91. The molecule has 2 bridgehead atoms. The van der Waals surface area contributed by atoms with Crippen LogP contribution in [0.5, 0.6) is 0 Å². The van der Waals surface area contributed by atoms with Crippen molar-refractivity contribution in [1.29, 1.82) is 0 Å². The van der Waals surface area contributed by atoms with Crippen LogP contribution in [0.25, 0.3) is 0 Å². The van der Waals surface area contributed by atoms with Crippen molar-refractivity contribution in [3.05, 3.63) is 0 Å². The lowest BCUT2D eigenvalue weighted by Gasteiger charge is -2.38. The minimum absolute atomic E-state index is 0.366. The van der Waals surface area contributed by atoms with Gasteiger partial charge in [0.15, 0.2) is 0 Å². The largest absolute Gasteiger partial charge is 0.477 e. The van der Waals surface area contributed by atoms with Crippen molar-refractivity contribution in [1.82, 2.24) is 4.90 Å². The summed E-state index contributed by atoms with van der Waals surface area (Å²) >= 11 is 2.78. The number of hydrogen-bond acceptors (Lipinski definition) is 3. The molecule has 79 valence electrons. The lowest BCUT2D eigenvalue weighted by Crippen LogP contribution is -2.41. The van der Waals surface area contributed by atoms with Gasteiger partial charge in [-0.05, 0) is 44.8 Å². The first-order chi connectivity index (χ1) is 6.76. The molecule has 5 heteroatoms. The molecule has 0 spiro atoms. The molecule has 0 amide bonds. The summed E-state index contributed by atoms with van der Waals surface area (Å²) in [4.78, 5) is 12.4. The van der Waals surface area contributed by atoms with Crippen LogP contribution in [0.3, 0.4) is 0 Å². The summed E-state index contributed by atoms with van der Waals surface area (Å²) in [7, 11) is 1.32. The standard InChI is InChI=1S/C7H13N.C2H3BBrO2/c1-4-8-5-2-7(1)3-6-8;1-6-2(5)3-4/h7H,1-6H2;1H3. The van der Waals surface area contributed by atoms with E-state index in [9.17, 15) is 4.79 Å². The maximum absolute atomic E-state index is 9.86. The number of fused-ring (bicyclic) bond motifs is 3. The van der Waals surface area contributed by atoms with E-state index >= 15 is 0 Å². The number of carbonyl (C=O) groups is 1. The van der Waals surface area contributed by atoms with E-state index in [0.717, 1.165) is 5.92 Å². The van der Waals surface area contributed by atoms with Gasteiger partial charge in [0.25, 0.3) is 5.87 Å². The van der Waals surface area contributed by atoms with Gasteiger partial charge >= 0.3 is 6.10 Å². The average Bonchev–Trinajstić information content (AvgIpc) is 2.31. The van der Waals surface area contributed by atoms with E-state index in [0.29, 0.717) is 0 Å². The normalized spacial score (nSPS) is 28.7. The number of hydrogen-bond donors (Lipinski definition) is 0. The molecular weight excluding hydrogens is 245 g/mol. The van der Waals surface area contributed by atoms with Crippen molar-refractivity contribution in [3.8, 4) is 0 Å². The van der Waals surface area contributed by atoms with Gasteiger partial charge in [0.1, 0.15) is 0 Å². The molecule has 0 aromatic carbocycles. The number of carbonyl (C=O) groups excluding carboxylic acids is 1. The summed E-state index contributed by atoms with van der Waals surface area (Å²) in [5.41, 5.74) is 0. The Balaban J connectivity index is 0.000000149. The van der Waals surface area contributed by atoms with E-state index in [1.54, 1.807) is 0 Å². The maximum atomic E-state index is 9.86. The third kappa shape index (κ3) is 4.01. The summed E-state index contributed by atoms with van der Waals surface area (Å²) in [6, 6.07) is 0. The van der Waals surface area contributed by atoms with E-state index in [1.165, 1.54) is 52.1 Å². The zero-order valence-electron chi connectivity index (χ0n) is 8.54. The molecule has 0 aromatic heterocycles. The lowest BCUT2D eigenvalue weighted by atomic mass is 9.89. The van der Waals surface area contributed by atoms with Gasteiger partial charge in [0, 0.05) is 0 Å². The van der Waals surface area contributed by atoms with Crippen molar-refractivity contribution in [2.75, 3.05) is 26.7 Å². The van der Waals surface area contributed by atoms with Crippen molar-refractivity contribution in [2.45, 2.75) is 19.3 Å². The number of piperidine rings is 3. The highest BCUT2D eigenvalue weighted by Gasteiger charge is 2.24. The molecule has 0 aromatic rings. The fourth-order valence-corrected chi connectivity index (χ4v) is 2.10. The molecule has 3 aliphatic rings. The first-order valence-electron chi connectivity index (χ1n) is 5.00. The highest BCUT2D eigenvalue weighted by molar-refractivity contribution is 9.24. The van der Waals surface area contributed by atoms with E-state index in [1.807, 2.05) is 0 Å². The summed E-state index contributed by atoms with van der Waals surface area (Å²) in [6.07, 6.45) is 5.63. The molecule has 3 aliphatic heterocycles. The molecule has 0 N–H and O–H groups in total. The predicted molar refractivity (Wildman–Crippen MR) is 60.9 cm³/mol. The average molecular weight is 261 g/mol. The Bertz CT molecular complexity index is 155. The monoisotopic (exact) mass is 260 g/mol. The zero-order valence-corrected chi connectivity index (χ0v) is 10.1. The minimum Gasteiger partial charge on any atom is -0.477 e.